The summed E-state index contributed by atoms with van der Waals surface area (Å²) in [4.78, 5) is 28.9. The average molecular weight is 395 g/mol. The zero-order valence-electron chi connectivity index (χ0n) is 15.2. The maximum Gasteiger partial charge on any atom is 0.264 e. The van der Waals surface area contributed by atoms with Gasteiger partial charge in [-0.3, -0.25) is 9.59 Å². The van der Waals surface area contributed by atoms with Crippen LogP contribution in [0.5, 0.6) is 0 Å². The number of hydrogen-bond donors (Lipinski definition) is 1. The summed E-state index contributed by atoms with van der Waals surface area (Å²) in [6.45, 7) is 2.08. The van der Waals surface area contributed by atoms with Crippen LogP contribution in [0.15, 0.2) is 60.7 Å². The van der Waals surface area contributed by atoms with E-state index < -0.39 is 11.5 Å². The maximum atomic E-state index is 13.2. The molecule has 0 saturated carbocycles. The first kappa shape index (κ1) is 18.5. The van der Waals surface area contributed by atoms with Gasteiger partial charge in [0.15, 0.2) is 11.4 Å². The Labute approximate surface area is 165 Å². The third kappa shape index (κ3) is 3.15. The van der Waals surface area contributed by atoms with Crippen molar-refractivity contribution in [3.8, 4) is 0 Å². The van der Waals surface area contributed by atoms with E-state index in [2.05, 4.69) is 0 Å². The number of nitrogens with zero attached hydrogens (tertiary/aromatic N) is 1. The van der Waals surface area contributed by atoms with E-state index in [1.807, 2.05) is 13.0 Å². The number of amides is 1. The molecule has 4 rings (SSSR count). The Bertz CT molecular complexity index is 1060. The number of halogens is 1. The molecular weight excluding hydrogens is 377 g/mol. The summed E-state index contributed by atoms with van der Waals surface area (Å²) in [5, 5.41) is 11.3. The van der Waals surface area contributed by atoms with Gasteiger partial charge in [0.2, 0.25) is 0 Å². The van der Waals surface area contributed by atoms with Gasteiger partial charge in [-0.05, 0) is 42.8 Å². The number of fused-ring (bicyclic) bond motifs is 1. The number of benzene rings is 2. The lowest BCUT2D eigenvalue weighted by Crippen LogP contribution is -2.41. The second-order valence-electron chi connectivity index (χ2n) is 6.91. The summed E-state index contributed by atoms with van der Waals surface area (Å²) in [7, 11) is 0. The Kier molecular flexibility index (Phi) is 4.61. The van der Waals surface area contributed by atoms with Gasteiger partial charge < -0.3 is 10.0 Å². The van der Waals surface area contributed by atoms with Crippen LogP contribution in [-0.4, -0.2) is 16.8 Å². The van der Waals surface area contributed by atoms with Crippen molar-refractivity contribution in [2.45, 2.75) is 25.5 Å². The predicted octanol–water partition coefficient (Wildman–Crippen LogP) is 4.20. The normalized spacial score (nSPS) is 18.4. The van der Waals surface area contributed by atoms with Gasteiger partial charge in [-0.15, -0.1) is 11.3 Å². The van der Waals surface area contributed by atoms with E-state index in [1.54, 1.807) is 42.5 Å². The van der Waals surface area contributed by atoms with E-state index in [1.165, 1.54) is 28.4 Å². The summed E-state index contributed by atoms with van der Waals surface area (Å²) in [5.74, 6) is -1.17. The topological polar surface area (TPSA) is 57.6 Å². The van der Waals surface area contributed by atoms with E-state index in [4.69, 9.17) is 0 Å². The number of anilines is 1. The number of rotatable bonds is 5. The lowest BCUT2D eigenvalue weighted by Gasteiger charge is -2.22. The highest BCUT2D eigenvalue weighted by molar-refractivity contribution is 7.14. The number of ketones is 1. The molecule has 2 heterocycles. The molecule has 4 nitrogen and oxygen atoms in total. The number of carbonyl (C=O) groups is 2. The highest BCUT2D eigenvalue weighted by atomic mass is 32.1. The minimum Gasteiger partial charge on any atom is -0.375 e. The molecular formula is C22H18FNO3S. The van der Waals surface area contributed by atoms with Crippen molar-refractivity contribution < 1.29 is 19.1 Å². The van der Waals surface area contributed by atoms with E-state index in [9.17, 15) is 19.1 Å². The highest BCUT2D eigenvalue weighted by Gasteiger charge is 2.50. The number of aliphatic hydroxyl groups is 1. The largest absolute Gasteiger partial charge is 0.375 e. The fourth-order valence-corrected chi connectivity index (χ4v) is 4.32. The predicted molar refractivity (Wildman–Crippen MR) is 106 cm³/mol. The molecule has 1 amide bonds. The summed E-state index contributed by atoms with van der Waals surface area (Å²) >= 11 is 1.34. The van der Waals surface area contributed by atoms with Gasteiger partial charge in [0.05, 0.1) is 23.5 Å². The third-order valence-electron chi connectivity index (χ3n) is 4.92. The Morgan fingerprint density at radius 2 is 1.82 bits per heavy atom. The Balaban J connectivity index is 1.67. The van der Waals surface area contributed by atoms with Gasteiger partial charge >= 0.3 is 0 Å². The van der Waals surface area contributed by atoms with Gasteiger partial charge in [0, 0.05) is 10.4 Å². The molecule has 6 heteroatoms. The smallest absolute Gasteiger partial charge is 0.264 e. The SMILES string of the molecule is Cc1ccc(C(=O)CC2(O)C(=O)N(Cc3ccc(F)cc3)c3ccccc32)s1. The number of hydrogen-bond acceptors (Lipinski definition) is 4. The summed E-state index contributed by atoms with van der Waals surface area (Å²) in [6.07, 6.45) is -0.317. The molecule has 142 valence electrons. The Hall–Kier alpha value is -2.83. The number of para-hydroxylation sites is 1. The monoisotopic (exact) mass is 395 g/mol. The van der Waals surface area contributed by atoms with Crippen LogP contribution in [0, 0.1) is 12.7 Å². The van der Waals surface area contributed by atoms with E-state index >= 15 is 0 Å². The van der Waals surface area contributed by atoms with Gasteiger partial charge in [0.1, 0.15) is 5.82 Å². The highest BCUT2D eigenvalue weighted by Crippen LogP contribution is 2.43. The first-order chi connectivity index (χ1) is 13.4. The van der Waals surface area contributed by atoms with E-state index in [0.29, 0.717) is 16.1 Å². The van der Waals surface area contributed by atoms with Crippen molar-refractivity contribution in [3.05, 3.63) is 87.4 Å². The summed E-state index contributed by atoms with van der Waals surface area (Å²) in [5.41, 5.74) is -0.196. The van der Waals surface area contributed by atoms with E-state index in [0.717, 1.165) is 10.4 Å². The lowest BCUT2D eigenvalue weighted by molar-refractivity contribution is -0.136. The number of Topliss-reactive ketones (excluding diaryl/α,β-unsaturated/α-hetero) is 1. The molecule has 0 saturated heterocycles. The maximum absolute atomic E-state index is 13.2. The van der Waals surface area contributed by atoms with Crippen LogP contribution in [0.4, 0.5) is 10.1 Å². The van der Waals surface area contributed by atoms with Crippen LogP contribution in [0.2, 0.25) is 0 Å². The first-order valence-electron chi connectivity index (χ1n) is 8.86. The molecule has 1 unspecified atom stereocenters. The van der Waals surface area contributed by atoms with Crippen LogP contribution >= 0.6 is 11.3 Å². The quantitative estimate of drug-likeness (QED) is 0.659. The molecule has 1 aromatic heterocycles. The van der Waals surface area contributed by atoms with Crippen LogP contribution in [-0.2, 0) is 16.9 Å². The fraction of sp³-hybridized carbons (Fsp3) is 0.182. The van der Waals surface area contributed by atoms with E-state index in [-0.39, 0.29) is 24.6 Å². The van der Waals surface area contributed by atoms with Gasteiger partial charge in [-0.2, -0.15) is 0 Å². The van der Waals surface area contributed by atoms with Crippen molar-refractivity contribution in [2.24, 2.45) is 0 Å². The minimum absolute atomic E-state index is 0.185. The second kappa shape index (κ2) is 6.96. The van der Waals surface area contributed by atoms with Crippen LogP contribution in [0.25, 0.3) is 0 Å². The van der Waals surface area contributed by atoms with Gasteiger partial charge in [-0.25, -0.2) is 4.39 Å². The zero-order valence-corrected chi connectivity index (χ0v) is 16.0. The Morgan fingerprint density at radius 1 is 1.11 bits per heavy atom. The third-order valence-corrected chi connectivity index (χ3v) is 5.97. The average Bonchev–Trinajstić information content (AvgIpc) is 3.20. The molecule has 0 aliphatic carbocycles. The molecule has 0 spiro atoms. The second-order valence-corrected chi connectivity index (χ2v) is 8.19. The van der Waals surface area contributed by atoms with Crippen molar-refractivity contribution in [1.29, 1.82) is 0 Å². The molecule has 3 aromatic rings. The van der Waals surface area contributed by atoms with Gasteiger partial charge in [0.25, 0.3) is 5.91 Å². The van der Waals surface area contributed by atoms with Crippen LogP contribution in [0.1, 0.15) is 32.1 Å². The summed E-state index contributed by atoms with van der Waals surface area (Å²) < 4.78 is 13.2. The molecule has 0 radical (unpaired) electrons. The molecule has 2 aromatic carbocycles. The van der Waals surface area contributed by atoms with Crippen LogP contribution < -0.4 is 4.90 Å². The standard InChI is InChI=1S/C22H18FNO3S/c1-14-6-11-20(28-14)19(25)12-22(27)17-4-2-3-5-18(17)24(21(22)26)13-15-7-9-16(23)10-8-15/h2-11,27H,12-13H2,1H3. The Morgan fingerprint density at radius 3 is 2.50 bits per heavy atom. The molecule has 1 aliphatic heterocycles. The number of aryl methyl sites for hydroxylation is 1. The van der Waals surface area contributed by atoms with Crippen molar-refractivity contribution in [2.75, 3.05) is 4.90 Å². The number of carbonyl (C=O) groups excluding carboxylic acids is 2. The van der Waals surface area contributed by atoms with Crippen molar-refractivity contribution in [3.63, 3.8) is 0 Å². The minimum atomic E-state index is -1.91. The lowest BCUT2D eigenvalue weighted by atomic mass is 9.89. The molecule has 0 fully saturated rings. The molecule has 1 atom stereocenters. The fourth-order valence-electron chi connectivity index (χ4n) is 3.51. The molecule has 0 bridgehead atoms. The van der Waals surface area contributed by atoms with Gasteiger partial charge in [-0.1, -0.05) is 30.3 Å². The van der Waals surface area contributed by atoms with Crippen LogP contribution in [0.3, 0.4) is 0 Å². The molecule has 1 aliphatic rings. The first-order valence-corrected chi connectivity index (χ1v) is 9.68. The number of thiophene rings is 1. The zero-order chi connectivity index (χ0) is 19.9. The van der Waals surface area contributed by atoms with Crippen molar-refractivity contribution >= 4 is 28.7 Å². The molecule has 28 heavy (non-hydrogen) atoms. The van der Waals surface area contributed by atoms with Crippen molar-refractivity contribution in [1.82, 2.24) is 0 Å². The summed E-state index contributed by atoms with van der Waals surface area (Å²) in [6, 6.07) is 16.3. The molecule has 1 N–H and O–H groups in total.